The number of aromatic nitrogens is 1. The second kappa shape index (κ2) is 9.30. The third kappa shape index (κ3) is 5.09. The molecule has 0 atom stereocenters. The smallest absolute Gasteiger partial charge is 0.265 e. The molecule has 1 fully saturated rings. The minimum absolute atomic E-state index is 0.0108. The average molecular weight is 427 g/mol. The van der Waals surface area contributed by atoms with Crippen LogP contribution in [-0.2, 0) is 11.3 Å². The average Bonchev–Trinajstić information content (AvgIpc) is 3.45. The molecule has 29 heavy (non-hydrogen) atoms. The van der Waals surface area contributed by atoms with Crippen LogP contribution in [0.4, 0.5) is 0 Å². The summed E-state index contributed by atoms with van der Waals surface area (Å²) in [5.41, 5.74) is 1.09. The zero-order chi connectivity index (χ0) is 20.1. The number of carbonyl (C=O) groups excluding carboxylic acids is 2. The van der Waals surface area contributed by atoms with E-state index in [1.807, 2.05) is 52.7 Å². The molecule has 0 unspecified atom stereocenters. The van der Waals surface area contributed by atoms with Gasteiger partial charge in [-0.05, 0) is 17.0 Å². The summed E-state index contributed by atoms with van der Waals surface area (Å²) in [5.74, 6) is 0.0372. The van der Waals surface area contributed by atoms with E-state index in [4.69, 9.17) is 0 Å². The number of amides is 2. The molecular weight excluding hydrogens is 404 g/mol. The van der Waals surface area contributed by atoms with Crippen LogP contribution in [0.3, 0.4) is 0 Å². The lowest BCUT2D eigenvalue weighted by molar-refractivity contribution is -0.122. The largest absolute Gasteiger partial charge is 0.351 e. The number of carbonyl (C=O) groups is 2. The van der Waals surface area contributed by atoms with Crippen molar-refractivity contribution in [2.24, 2.45) is 0 Å². The van der Waals surface area contributed by atoms with Crippen molar-refractivity contribution in [1.82, 2.24) is 20.1 Å². The lowest BCUT2D eigenvalue weighted by Gasteiger charge is -2.34. The van der Waals surface area contributed by atoms with E-state index in [1.54, 1.807) is 17.5 Å². The molecule has 150 valence electrons. The van der Waals surface area contributed by atoms with Crippen LogP contribution in [0.15, 0.2) is 54.0 Å². The Morgan fingerprint density at radius 1 is 1.03 bits per heavy atom. The highest BCUT2D eigenvalue weighted by atomic mass is 32.1. The fraction of sp³-hybridized carbons (Fsp3) is 0.286. The molecule has 0 aliphatic carbocycles. The highest BCUT2D eigenvalue weighted by molar-refractivity contribution is 7.21. The molecule has 1 saturated heterocycles. The van der Waals surface area contributed by atoms with Gasteiger partial charge in [-0.2, -0.15) is 0 Å². The number of rotatable bonds is 6. The number of piperazine rings is 1. The maximum atomic E-state index is 12.8. The second-order valence-corrected chi connectivity index (χ2v) is 8.82. The van der Waals surface area contributed by atoms with Gasteiger partial charge in [0.1, 0.15) is 9.88 Å². The standard InChI is InChI=1S/C21H22N4O2S2/c26-19(22-13-16-5-2-1-3-6-16)15-24-8-10-25(11-9-24)21(27)18-14-23-20(29-18)17-7-4-12-28-17/h1-7,12,14H,8-11,13,15H2,(H,22,26). The fourth-order valence-corrected chi connectivity index (χ4v) is 4.90. The zero-order valence-electron chi connectivity index (χ0n) is 15.9. The molecule has 1 aromatic carbocycles. The first-order chi connectivity index (χ1) is 14.2. The lowest BCUT2D eigenvalue weighted by Crippen LogP contribution is -2.51. The van der Waals surface area contributed by atoms with Crippen LogP contribution in [0.1, 0.15) is 15.2 Å². The Labute approximate surface area is 177 Å². The molecule has 0 saturated carbocycles. The summed E-state index contributed by atoms with van der Waals surface area (Å²) in [6.07, 6.45) is 1.67. The molecule has 3 aromatic rings. The Bertz CT molecular complexity index is 948. The minimum atomic E-state index is 0.0108. The van der Waals surface area contributed by atoms with Gasteiger partial charge in [-0.15, -0.1) is 22.7 Å². The van der Waals surface area contributed by atoms with Gasteiger partial charge >= 0.3 is 0 Å². The molecule has 6 nitrogen and oxygen atoms in total. The number of hydrogen-bond acceptors (Lipinski definition) is 6. The first-order valence-electron chi connectivity index (χ1n) is 9.51. The van der Waals surface area contributed by atoms with Crippen molar-refractivity contribution < 1.29 is 9.59 Å². The Morgan fingerprint density at radius 3 is 2.55 bits per heavy atom. The van der Waals surface area contributed by atoms with Gasteiger partial charge in [0.2, 0.25) is 5.91 Å². The molecule has 1 aliphatic heterocycles. The molecule has 8 heteroatoms. The lowest BCUT2D eigenvalue weighted by atomic mass is 10.2. The SMILES string of the molecule is O=C(CN1CCN(C(=O)c2cnc(-c3cccs3)s2)CC1)NCc1ccccc1. The van der Waals surface area contributed by atoms with Crippen LogP contribution < -0.4 is 5.32 Å². The van der Waals surface area contributed by atoms with E-state index >= 15 is 0 Å². The first kappa shape index (κ1) is 19.8. The van der Waals surface area contributed by atoms with Crippen LogP contribution in [0.25, 0.3) is 9.88 Å². The predicted molar refractivity (Wildman–Crippen MR) is 116 cm³/mol. The predicted octanol–water partition coefficient (Wildman–Crippen LogP) is 2.95. The number of benzene rings is 1. The summed E-state index contributed by atoms with van der Waals surface area (Å²) in [6, 6.07) is 13.9. The highest BCUT2D eigenvalue weighted by Gasteiger charge is 2.24. The van der Waals surface area contributed by atoms with Gasteiger partial charge in [-0.25, -0.2) is 4.98 Å². The molecule has 2 amide bonds. The van der Waals surface area contributed by atoms with Crippen molar-refractivity contribution in [3.8, 4) is 9.88 Å². The molecule has 0 radical (unpaired) electrons. The monoisotopic (exact) mass is 426 g/mol. The van der Waals surface area contributed by atoms with Gasteiger partial charge in [0.15, 0.2) is 0 Å². The van der Waals surface area contributed by atoms with Crippen LogP contribution in [-0.4, -0.2) is 59.3 Å². The van der Waals surface area contributed by atoms with Crippen LogP contribution in [0.5, 0.6) is 0 Å². The highest BCUT2D eigenvalue weighted by Crippen LogP contribution is 2.29. The number of nitrogens with zero attached hydrogens (tertiary/aromatic N) is 3. The molecule has 3 heterocycles. The number of thiophene rings is 1. The number of thiazole rings is 1. The Hall–Kier alpha value is -2.55. The van der Waals surface area contributed by atoms with Crippen molar-refractivity contribution in [1.29, 1.82) is 0 Å². The molecule has 2 aromatic heterocycles. The topological polar surface area (TPSA) is 65.5 Å². The fourth-order valence-electron chi connectivity index (χ4n) is 3.21. The van der Waals surface area contributed by atoms with Crippen LogP contribution in [0.2, 0.25) is 0 Å². The van der Waals surface area contributed by atoms with Gasteiger partial charge in [0.05, 0.1) is 17.6 Å². The molecule has 1 aliphatic rings. The van der Waals surface area contributed by atoms with Crippen LogP contribution >= 0.6 is 22.7 Å². The third-order valence-corrected chi connectivity index (χ3v) is 6.83. The van der Waals surface area contributed by atoms with Gasteiger partial charge in [0.25, 0.3) is 5.91 Å². The molecule has 1 N–H and O–H groups in total. The molecule has 0 spiro atoms. The number of nitrogens with one attached hydrogen (secondary N) is 1. The van der Waals surface area contributed by atoms with Gasteiger partial charge in [-0.3, -0.25) is 14.5 Å². The molecule has 4 rings (SSSR count). The Morgan fingerprint density at radius 2 is 1.83 bits per heavy atom. The maximum Gasteiger partial charge on any atom is 0.265 e. The summed E-state index contributed by atoms with van der Waals surface area (Å²) in [5, 5.41) is 5.85. The van der Waals surface area contributed by atoms with Crippen molar-refractivity contribution in [3.05, 3.63) is 64.5 Å². The quantitative estimate of drug-likeness (QED) is 0.658. The van der Waals surface area contributed by atoms with E-state index in [0.29, 0.717) is 44.1 Å². The molecule has 0 bridgehead atoms. The van der Waals surface area contributed by atoms with Gasteiger partial charge in [0, 0.05) is 32.7 Å². The van der Waals surface area contributed by atoms with E-state index in [1.165, 1.54) is 11.3 Å². The number of hydrogen-bond donors (Lipinski definition) is 1. The normalized spacial score (nSPS) is 14.7. The van der Waals surface area contributed by atoms with Crippen molar-refractivity contribution >= 4 is 34.5 Å². The van der Waals surface area contributed by atoms with E-state index in [-0.39, 0.29) is 11.8 Å². The summed E-state index contributed by atoms with van der Waals surface area (Å²) < 4.78 is 0. The van der Waals surface area contributed by atoms with Crippen LogP contribution in [0, 0.1) is 0 Å². The van der Waals surface area contributed by atoms with Crippen molar-refractivity contribution in [2.75, 3.05) is 32.7 Å². The minimum Gasteiger partial charge on any atom is -0.351 e. The van der Waals surface area contributed by atoms with E-state index in [0.717, 1.165) is 15.4 Å². The maximum absolute atomic E-state index is 12.8. The van der Waals surface area contributed by atoms with Crippen molar-refractivity contribution in [3.63, 3.8) is 0 Å². The summed E-state index contributed by atoms with van der Waals surface area (Å²) >= 11 is 3.06. The van der Waals surface area contributed by atoms with Gasteiger partial charge in [-0.1, -0.05) is 36.4 Å². The van der Waals surface area contributed by atoms with E-state index in [9.17, 15) is 9.59 Å². The zero-order valence-corrected chi connectivity index (χ0v) is 17.5. The van der Waals surface area contributed by atoms with E-state index in [2.05, 4.69) is 15.2 Å². The molecular formula is C21H22N4O2S2. The summed E-state index contributed by atoms with van der Waals surface area (Å²) in [7, 11) is 0. The van der Waals surface area contributed by atoms with Crippen molar-refractivity contribution in [2.45, 2.75) is 6.54 Å². The first-order valence-corrected chi connectivity index (χ1v) is 11.2. The Kier molecular flexibility index (Phi) is 6.33. The summed E-state index contributed by atoms with van der Waals surface area (Å²) in [4.78, 5) is 35.1. The Balaban J connectivity index is 1.24. The second-order valence-electron chi connectivity index (χ2n) is 6.84. The summed E-state index contributed by atoms with van der Waals surface area (Å²) in [6.45, 7) is 3.53. The third-order valence-electron chi connectivity index (χ3n) is 4.81. The van der Waals surface area contributed by atoms with Gasteiger partial charge < -0.3 is 10.2 Å². The van der Waals surface area contributed by atoms with E-state index < -0.39 is 0 Å².